The molecule has 46 valence electrons. The van der Waals surface area contributed by atoms with Crippen molar-refractivity contribution in [2.75, 3.05) is 12.4 Å². The summed E-state index contributed by atoms with van der Waals surface area (Å²) in [6.45, 7) is 0. The second-order valence-electron chi connectivity index (χ2n) is 0.910. The highest BCUT2D eigenvalue weighted by atomic mass is 32.3. The molecule has 0 saturated carbocycles. The third-order valence-electron chi connectivity index (χ3n) is 0.138. The van der Waals surface area contributed by atoms with Crippen molar-refractivity contribution in [2.45, 2.75) is 0 Å². The third kappa shape index (κ3) is 6.03. The lowest BCUT2D eigenvalue weighted by Gasteiger charge is -2.20. The molecule has 0 aromatic carbocycles. The summed E-state index contributed by atoms with van der Waals surface area (Å²) >= 11 is 0. The van der Waals surface area contributed by atoms with Gasteiger partial charge in [-0.25, -0.2) is 9.47 Å². The van der Waals surface area contributed by atoms with Crippen LogP contribution in [0.4, 0.5) is 0 Å². The highest BCUT2D eigenvalue weighted by Gasteiger charge is 2.18. The number of rotatable bonds is 1. The zero-order chi connectivity index (χ0) is 11.2. The van der Waals surface area contributed by atoms with Gasteiger partial charge in [0.2, 0.25) is 0 Å². The maximum atomic E-state index is 11.2. The lowest BCUT2D eigenvalue weighted by Crippen LogP contribution is -2.29. The molecule has 0 aliphatic carbocycles. The minimum atomic E-state index is -6.53. The van der Waals surface area contributed by atoms with Crippen molar-refractivity contribution in [1.29, 1.82) is 0 Å². The van der Waals surface area contributed by atoms with Crippen molar-refractivity contribution in [1.82, 2.24) is 0 Å². The Morgan fingerprint density at radius 1 is 1.86 bits per heavy atom. The van der Waals surface area contributed by atoms with Crippen LogP contribution in [0, 0.1) is 0 Å². The summed E-state index contributed by atoms with van der Waals surface area (Å²) in [4.78, 5) is 0. The second-order valence-corrected chi connectivity index (χ2v) is 2.73. The fourth-order valence-corrected chi connectivity index (χ4v) is 0. The van der Waals surface area contributed by atoms with E-state index in [2.05, 4.69) is 4.33 Å². The number of hydrogen-bond acceptors (Lipinski definition) is 3. The van der Waals surface area contributed by atoms with Gasteiger partial charge in [-0.3, -0.25) is 0 Å². The van der Waals surface area contributed by atoms with E-state index in [9.17, 15) is 4.21 Å². The molecule has 0 spiro atoms. The van der Waals surface area contributed by atoms with Crippen LogP contribution in [0.3, 0.4) is 0 Å². The molecule has 0 aromatic rings. The van der Waals surface area contributed by atoms with Gasteiger partial charge < -0.3 is 4.55 Å². The Morgan fingerprint density at radius 3 is 2.29 bits per heavy atom. The first-order chi connectivity index (χ1) is 5.36. The normalized spacial score (nSPS) is 34.3. The van der Waals surface area contributed by atoms with Gasteiger partial charge in [-0.2, -0.15) is 0 Å². The molecule has 0 fully saturated rings. The molecule has 5 heteroatoms. The topological polar surface area (TPSA) is 66.8 Å². The minimum Gasteiger partial charge on any atom is -0.306 e. The van der Waals surface area contributed by atoms with Crippen LogP contribution in [0.1, 0.15) is 8.22 Å². The zero-order valence-electron chi connectivity index (χ0n) is 9.12. The molecule has 0 saturated heterocycles. The van der Waals surface area contributed by atoms with E-state index in [1.54, 1.807) is 0 Å². The van der Waals surface area contributed by atoms with Crippen molar-refractivity contribution < 1.29 is 26.6 Å². The second kappa shape index (κ2) is 1.25. The Labute approximate surface area is 49.9 Å². The Kier molecular flexibility index (Phi) is 0.316. The van der Waals surface area contributed by atoms with Gasteiger partial charge in [0.25, 0.3) is 0 Å². The van der Waals surface area contributed by atoms with Gasteiger partial charge in [0.1, 0.15) is 9.63 Å². The summed E-state index contributed by atoms with van der Waals surface area (Å²) in [6.07, 6.45) is -7.70. The van der Waals surface area contributed by atoms with Crippen LogP contribution in [-0.2, 0) is 14.0 Å². The van der Waals surface area contributed by atoms with Crippen molar-refractivity contribution in [3.8, 4) is 0 Å². The Morgan fingerprint density at radius 2 is 2.29 bits per heavy atom. The smallest absolute Gasteiger partial charge is 0.108 e. The van der Waals surface area contributed by atoms with E-state index >= 15 is 0 Å². The first-order valence-corrected chi connectivity index (χ1v) is 2.96. The average molecular weight is 134 g/mol. The minimum absolute atomic E-state index is 2.84. The van der Waals surface area contributed by atoms with Gasteiger partial charge in [-0.05, 0) is 0 Å². The van der Waals surface area contributed by atoms with Crippen LogP contribution in [0.15, 0.2) is 0 Å². The lowest BCUT2D eigenvalue weighted by atomic mass is 11.9. The summed E-state index contributed by atoms with van der Waals surface area (Å²) in [5.41, 5.74) is 0. The molecule has 0 radical (unpaired) electrons. The van der Waals surface area contributed by atoms with Gasteiger partial charge in [0.15, 0.2) is 0 Å². The van der Waals surface area contributed by atoms with Crippen molar-refractivity contribution >= 4 is 9.63 Å². The van der Waals surface area contributed by atoms with Crippen LogP contribution in [0.25, 0.3) is 0 Å². The third-order valence-corrected chi connectivity index (χ3v) is 0.415. The highest BCUT2D eigenvalue weighted by Crippen LogP contribution is 2.08. The average Bonchev–Trinajstić information content (AvgIpc) is 1.83. The fraction of sp³-hybridized carbons (Fsp3) is 1.00. The molecule has 0 aliphatic heterocycles. The summed E-state index contributed by atoms with van der Waals surface area (Å²) < 4.78 is 62.0. The van der Waals surface area contributed by atoms with Crippen LogP contribution in [0.5, 0.6) is 0 Å². The summed E-state index contributed by atoms with van der Waals surface area (Å²) in [5.74, 6) is 0. The molecular formula is C2H8O4S. The van der Waals surface area contributed by atoms with Gasteiger partial charge >= 0.3 is 0 Å². The summed E-state index contributed by atoms with van der Waals surface area (Å²) in [7, 11) is -6.53. The predicted molar refractivity (Wildman–Crippen MR) is 26.3 cm³/mol. The van der Waals surface area contributed by atoms with Gasteiger partial charge in [-0.1, -0.05) is 0 Å². The first-order valence-electron chi connectivity index (χ1n) is 4.11. The molecule has 0 aliphatic rings. The molecule has 0 amide bonds. The lowest BCUT2D eigenvalue weighted by molar-refractivity contribution is -0.141. The molecule has 2 N–H and O–H groups in total. The largest absolute Gasteiger partial charge is 0.306 e. The predicted octanol–water partition coefficient (Wildman–Crippen LogP) is -0.0563. The Hall–Kier alpha value is 0.0300. The van der Waals surface area contributed by atoms with E-state index in [4.69, 9.17) is 18.0 Å². The Balaban J connectivity index is 5.66. The van der Waals surface area contributed by atoms with E-state index in [1.165, 1.54) is 0 Å². The summed E-state index contributed by atoms with van der Waals surface area (Å²) in [6, 6.07) is 0. The standard InChI is InChI=1S/C2H8O4S/c1-7(2,4,5)6-3/h3H,1-2H3,(H,4,5)/i1D3,2D3. The molecule has 0 unspecified atom stereocenters. The first kappa shape index (κ1) is 1.77. The van der Waals surface area contributed by atoms with E-state index in [-0.39, 0.29) is 0 Å². The molecule has 4 nitrogen and oxygen atoms in total. The van der Waals surface area contributed by atoms with Gasteiger partial charge in [0.05, 0.1) is 0 Å². The molecule has 0 aromatic heterocycles. The fourth-order valence-electron chi connectivity index (χ4n) is 0. The highest BCUT2D eigenvalue weighted by molar-refractivity contribution is 8.09. The summed E-state index contributed by atoms with van der Waals surface area (Å²) in [5, 5.41) is 7.98. The molecule has 0 rings (SSSR count). The number of hydrogen-bond donors (Lipinski definition) is 2. The van der Waals surface area contributed by atoms with E-state index in [1.807, 2.05) is 0 Å². The van der Waals surface area contributed by atoms with Crippen LogP contribution in [0.2, 0.25) is 0 Å². The monoisotopic (exact) mass is 134 g/mol. The Bertz CT molecular complexity index is 245. The van der Waals surface area contributed by atoms with Crippen LogP contribution >= 0.6 is 0 Å². The van der Waals surface area contributed by atoms with E-state index in [0.717, 1.165) is 0 Å². The molecule has 0 heterocycles. The van der Waals surface area contributed by atoms with Crippen molar-refractivity contribution in [3.63, 3.8) is 0 Å². The SMILES string of the molecule is [2H]C([2H])([2H])S(=O)(O)(OO)C([2H])([2H])[2H]. The molecular weight excluding hydrogens is 120 g/mol. The van der Waals surface area contributed by atoms with Gasteiger partial charge in [0, 0.05) is 20.6 Å². The molecule has 0 bridgehead atoms. The quantitative estimate of drug-likeness (QED) is 0.389. The molecule has 0 atom stereocenters. The van der Waals surface area contributed by atoms with E-state index < -0.39 is 22.0 Å². The molecule has 7 heavy (non-hydrogen) atoms. The van der Waals surface area contributed by atoms with Crippen LogP contribution in [-0.4, -0.2) is 26.4 Å². The van der Waals surface area contributed by atoms with Crippen molar-refractivity contribution in [3.05, 3.63) is 0 Å². The maximum absolute atomic E-state index is 11.2. The van der Waals surface area contributed by atoms with Crippen molar-refractivity contribution in [2.24, 2.45) is 0 Å². The van der Waals surface area contributed by atoms with Crippen LogP contribution < -0.4 is 0 Å². The van der Waals surface area contributed by atoms with E-state index in [0.29, 0.717) is 0 Å². The maximum Gasteiger partial charge on any atom is 0.108 e. The zero-order valence-corrected chi connectivity index (χ0v) is 3.94. The van der Waals surface area contributed by atoms with Gasteiger partial charge in [-0.15, -0.1) is 4.33 Å².